The topological polar surface area (TPSA) is 57.2 Å². The van der Waals surface area contributed by atoms with Crippen LogP contribution in [0.3, 0.4) is 0 Å². The van der Waals surface area contributed by atoms with E-state index in [2.05, 4.69) is 6.92 Å². The van der Waals surface area contributed by atoms with Crippen molar-refractivity contribution in [3.8, 4) is 0 Å². The second-order valence-corrected chi connectivity index (χ2v) is 6.00. The second kappa shape index (κ2) is 7.54. The first-order chi connectivity index (χ1) is 8.54. The highest BCUT2D eigenvalue weighted by atomic mass is 32.2. The van der Waals surface area contributed by atoms with Gasteiger partial charge in [0.2, 0.25) is 0 Å². The highest BCUT2D eigenvalue weighted by Crippen LogP contribution is 2.13. The molecule has 0 unspecified atom stereocenters. The lowest BCUT2D eigenvalue weighted by Crippen LogP contribution is -1.98. The second-order valence-electron chi connectivity index (χ2n) is 4.62. The molecule has 0 aliphatic rings. The van der Waals surface area contributed by atoms with E-state index in [-0.39, 0.29) is 4.90 Å². The van der Waals surface area contributed by atoms with Crippen molar-refractivity contribution in [1.82, 2.24) is 0 Å². The molecule has 0 spiro atoms. The van der Waals surface area contributed by atoms with Crippen molar-refractivity contribution in [2.45, 2.75) is 56.8 Å². The Kier molecular flexibility index (Phi) is 6.36. The normalized spacial score (nSPS) is 11.7. The molecule has 1 rings (SSSR count). The lowest BCUT2D eigenvalue weighted by molar-refractivity contribution is 0.463. The highest BCUT2D eigenvalue weighted by Gasteiger charge is 2.00. The van der Waals surface area contributed by atoms with Crippen LogP contribution in [0.4, 0.5) is 0 Å². The van der Waals surface area contributed by atoms with Gasteiger partial charge in [-0.2, -0.15) is 0 Å². The molecule has 18 heavy (non-hydrogen) atoms. The summed E-state index contributed by atoms with van der Waals surface area (Å²) in [6.45, 7) is 2.20. The molecule has 0 aliphatic carbocycles. The number of hydrogen-bond acceptors (Lipinski definition) is 3. The van der Waals surface area contributed by atoms with Crippen molar-refractivity contribution in [3.05, 3.63) is 29.8 Å². The molecule has 1 aromatic carbocycles. The molecule has 0 aromatic heterocycles. The van der Waals surface area contributed by atoms with Crippen LogP contribution in [-0.2, 0) is 16.5 Å². The van der Waals surface area contributed by atoms with Gasteiger partial charge in [-0.15, -0.1) is 0 Å². The molecule has 0 bridgehead atoms. The van der Waals surface area contributed by atoms with E-state index in [0.717, 1.165) is 18.4 Å². The first-order valence-electron chi connectivity index (χ1n) is 6.59. The van der Waals surface area contributed by atoms with E-state index in [1.54, 1.807) is 12.1 Å². The van der Waals surface area contributed by atoms with Gasteiger partial charge in [-0.1, -0.05) is 51.2 Å². The number of aryl methyl sites for hydroxylation is 1. The van der Waals surface area contributed by atoms with Crippen molar-refractivity contribution in [3.63, 3.8) is 0 Å². The lowest BCUT2D eigenvalue weighted by atomic mass is 10.1. The minimum atomic E-state index is -4.31. The summed E-state index contributed by atoms with van der Waals surface area (Å²) < 4.78 is 32.2. The molecule has 4 heteroatoms. The van der Waals surface area contributed by atoms with Crippen LogP contribution in [0, 0.1) is 0 Å². The average Bonchev–Trinajstić information content (AvgIpc) is 2.33. The molecule has 1 aromatic rings. The molecular weight excluding hydrogens is 248 g/mol. The largest absolute Gasteiger partial charge is 0.744 e. The maximum Gasteiger partial charge on any atom is 0.124 e. The zero-order chi connectivity index (χ0) is 13.4. The van der Waals surface area contributed by atoms with E-state index in [1.807, 2.05) is 0 Å². The van der Waals surface area contributed by atoms with E-state index in [4.69, 9.17) is 0 Å². The van der Waals surface area contributed by atoms with Crippen LogP contribution in [0.2, 0.25) is 0 Å². The Morgan fingerprint density at radius 3 is 2.06 bits per heavy atom. The summed E-state index contributed by atoms with van der Waals surface area (Å²) in [5, 5.41) is 0. The Labute approximate surface area is 110 Å². The molecule has 102 valence electrons. The van der Waals surface area contributed by atoms with Gasteiger partial charge >= 0.3 is 0 Å². The number of rotatable bonds is 8. The van der Waals surface area contributed by atoms with Gasteiger partial charge in [-0.05, 0) is 30.5 Å². The fraction of sp³-hybridized carbons (Fsp3) is 0.571. The maximum atomic E-state index is 10.7. The van der Waals surface area contributed by atoms with Crippen LogP contribution in [0.15, 0.2) is 29.2 Å². The van der Waals surface area contributed by atoms with Gasteiger partial charge in [0, 0.05) is 0 Å². The molecule has 0 amide bonds. The van der Waals surface area contributed by atoms with Crippen molar-refractivity contribution in [1.29, 1.82) is 0 Å². The fourth-order valence-corrected chi connectivity index (χ4v) is 2.40. The average molecular weight is 269 g/mol. The van der Waals surface area contributed by atoms with Gasteiger partial charge in [0.1, 0.15) is 10.1 Å². The zero-order valence-electron chi connectivity index (χ0n) is 10.9. The summed E-state index contributed by atoms with van der Waals surface area (Å²) in [5.41, 5.74) is 1.10. The standard InChI is InChI=1S/C14H22O3S/c1-2-3-4-5-6-7-8-13-9-11-14(12-10-13)18(15,16)17/h9-12H,2-8H2,1H3,(H,15,16,17)/p-1. The van der Waals surface area contributed by atoms with Crippen LogP contribution in [-0.4, -0.2) is 13.0 Å². The van der Waals surface area contributed by atoms with Gasteiger partial charge in [0.25, 0.3) is 0 Å². The molecule has 0 radical (unpaired) electrons. The van der Waals surface area contributed by atoms with Gasteiger partial charge in [0.15, 0.2) is 0 Å². The summed E-state index contributed by atoms with van der Waals surface area (Å²) in [4.78, 5) is -0.144. The van der Waals surface area contributed by atoms with Crippen LogP contribution in [0.5, 0.6) is 0 Å². The Bertz CT molecular complexity index is 435. The molecule has 0 fully saturated rings. The van der Waals surface area contributed by atoms with E-state index in [9.17, 15) is 13.0 Å². The summed E-state index contributed by atoms with van der Waals surface area (Å²) >= 11 is 0. The quantitative estimate of drug-likeness (QED) is 0.536. The lowest BCUT2D eigenvalue weighted by Gasteiger charge is -2.07. The first kappa shape index (κ1) is 15.2. The monoisotopic (exact) mass is 269 g/mol. The zero-order valence-corrected chi connectivity index (χ0v) is 11.7. The molecule has 3 nitrogen and oxygen atoms in total. The van der Waals surface area contributed by atoms with E-state index < -0.39 is 10.1 Å². The summed E-state index contributed by atoms with van der Waals surface area (Å²) in [6.07, 6.45) is 8.39. The molecule has 0 atom stereocenters. The number of hydrogen-bond donors (Lipinski definition) is 0. The minimum Gasteiger partial charge on any atom is -0.744 e. The van der Waals surface area contributed by atoms with Gasteiger partial charge in [-0.25, -0.2) is 8.42 Å². The molecule has 0 heterocycles. The summed E-state index contributed by atoms with van der Waals surface area (Å²) in [7, 11) is -4.31. The van der Waals surface area contributed by atoms with Crippen LogP contribution in [0.1, 0.15) is 51.0 Å². The van der Waals surface area contributed by atoms with Crippen LogP contribution >= 0.6 is 0 Å². The number of benzene rings is 1. The molecule has 0 saturated heterocycles. The third-order valence-electron chi connectivity index (χ3n) is 3.03. The predicted molar refractivity (Wildman–Crippen MR) is 71.5 cm³/mol. The third-order valence-corrected chi connectivity index (χ3v) is 3.88. The Morgan fingerprint density at radius 2 is 1.50 bits per heavy atom. The predicted octanol–water partition coefficient (Wildman–Crippen LogP) is 3.49. The van der Waals surface area contributed by atoms with Crippen molar-refractivity contribution >= 4 is 10.1 Å². The van der Waals surface area contributed by atoms with Crippen molar-refractivity contribution in [2.24, 2.45) is 0 Å². The van der Waals surface area contributed by atoms with Gasteiger partial charge < -0.3 is 4.55 Å². The van der Waals surface area contributed by atoms with Crippen molar-refractivity contribution < 1.29 is 13.0 Å². The molecular formula is C14H21O3S-. The number of unbranched alkanes of at least 4 members (excludes halogenated alkanes) is 5. The minimum absolute atomic E-state index is 0.144. The van der Waals surface area contributed by atoms with Crippen molar-refractivity contribution in [2.75, 3.05) is 0 Å². The molecule has 0 aliphatic heterocycles. The summed E-state index contributed by atoms with van der Waals surface area (Å²) in [5.74, 6) is 0. The van der Waals surface area contributed by atoms with E-state index in [1.165, 1.54) is 44.2 Å². The Balaban J connectivity index is 2.32. The Morgan fingerprint density at radius 1 is 0.944 bits per heavy atom. The highest BCUT2D eigenvalue weighted by molar-refractivity contribution is 7.85. The SMILES string of the molecule is CCCCCCCCc1ccc(S(=O)(=O)[O-])cc1. The Hall–Kier alpha value is -0.870. The molecule has 0 N–H and O–H groups in total. The first-order valence-corrected chi connectivity index (χ1v) is 7.99. The van der Waals surface area contributed by atoms with E-state index >= 15 is 0 Å². The van der Waals surface area contributed by atoms with Gasteiger partial charge in [-0.3, -0.25) is 0 Å². The summed E-state index contributed by atoms with van der Waals surface area (Å²) in [6, 6.07) is 6.26. The van der Waals surface area contributed by atoms with Crippen LogP contribution < -0.4 is 0 Å². The van der Waals surface area contributed by atoms with Gasteiger partial charge in [0.05, 0.1) is 4.90 Å². The molecule has 0 saturated carbocycles. The maximum absolute atomic E-state index is 10.7. The third kappa shape index (κ3) is 5.65. The smallest absolute Gasteiger partial charge is 0.124 e. The fourth-order valence-electron chi connectivity index (χ4n) is 1.93. The van der Waals surface area contributed by atoms with E-state index in [0.29, 0.717) is 0 Å². The van der Waals surface area contributed by atoms with Crippen LogP contribution in [0.25, 0.3) is 0 Å².